The molecule has 0 spiro atoms. The molecule has 1 aliphatic rings. The minimum atomic E-state index is 0.341. The van der Waals surface area contributed by atoms with Gasteiger partial charge < -0.3 is 15.5 Å². The second kappa shape index (κ2) is 4.13. The van der Waals surface area contributed by atoms with Crippen LogP contribution in [0.2, 0.25) is 0 Å². The summed E-state index contributed by atoms with van der Waals surface area (Å²) in [5.41, 5.74) is 8.84. The maximum atomic E-state index is 5.63. The van der Waals surface area contributed by atoms with E-state index in [1.165, 1.54) is 0 Å². The Morgan fingerprint density at radius 1 is 1.53 bits per heavy atom. The molecule has 1 fully saturated rings. The molecule has 2 heterocycles. The maximum absolute atomic E-state index is 5.63. The number of H-pyrrole nitrogens is 1. The Morgan fingerprint density at radius 3 is 3.12 bits per heavy atom. The van der Waals surface area contributed by atoms with Gasteiger partial charge in [-0.2, -0.15) is 0 Å². The number of nitrogens with one attached hydrogen (secondary N) is 1. The van der Waals surface area contributed by atoms with Gasteiger partial charge in [0, 0.05) is 12.5 Å². The molecule has 3 rings (SSSR count). The number of imidazole rings is 1. The second-order valence-corrected chi connectivity index (χ2v) is 4.75. The third-order valence-corrected chi connectivity index (χ3v) is 3.39. The topological polar surface area (TPSA) is 63.9 Å². The largest absolute Gasteiger partial charge is 0.378 e. The van der Waals surface area contributed by atoms with E-state index in [-0.39, 0.29) is 0 Å². The van der Waals surface area contributed by atoms with E-state index in [1.807, 2.05) is 12.1 Å². The molecule has 1 aromatic carbocycles. The first-order valence-electron chi connectivity index (χ1n) is 6.06. The molecule has 90 valence electrons. The minimum absolute atomic E-state index is 0.341. The number of nitrogens with two attached hydrogens (primary N) is 1. The van der Waals surface area contributed by atoms with Crippen LogP contribution < -0.4 is 5.73 Å². The molecular formula is C13H17N3O. The summed E-state index contributed by atoms with van der Waals surface area (Å²) in [6.45, 7) is 3.44. The van der Waals surface area contributed by atoms with Gasteiger partial charge in [-0.25, -0.2) is 4.98 Å². The van der Waals surface area contributed by atoms with E-state index in [2.05, 4.69) is 23.0 Å². The molecule has 17 heavy (non-hydrogen) atoms. The molecular weight excluding hydrogens is 214 g/mol. The van der Waals surface area contributed by atoms with Gasteiger partial charge in [-0.3, -0.25) is 0 Å². The Kier molecular flexibility index (Phi) is 2.61. The van der Waals surface area contributed by atoms with E-state index >= 15 is 0 Å². The van der Waals surface area contributed by atoms with Crippen LogP contribution in [-0.2, 0) is 11.3 Å². The number of hydrogen-bond acceptors (Lipinski definition) is 3. The summed E-state index contributed by atoms with van der Waals surface area (Å²) >= 11 is 0. The Hall–Kier alpha value is -1.39. The predicted molar refractivity (Wildman–Crippen MR) is 66.8 cm³/mol. The summed E-state index contributed by atoms with van der Waals surface area (Å²) in [5, 5.41) is 0. The highest BCUT2D eigenvalue weighted by molar-refractivity contribution is 5.76. The average Bonchev–Trinajstić information content (AvgIpc) is 2.93. The number of ether oxygens (including phenoxy) is 1. The molecule has 2 atom stereocenters. The van der Waals surface area contributed by atoms with Gasteiger partial charge in [-0.05, 0) is 31.0 Å². The molecule has 2 aromatic rings. The molecule has 1 saturated heterocycles. The lowest BCUT2D eigenvalue weighted by molar-refractivity contribution is 0.123. The van der Waals surface area contributed by atoms with Crippen LogP contribution in [-0.4, -0.2) is 22.7 Å². The van der Waals surface area contributed by atoms with E-state index in [0.717, 1.165) is 35.4 Å². The van der Waals surface area contributed by atoms with Crippen LogP contribution in [0.25, 0.3) is 11.0 Å². The second-order valence-electron chi connectivity index (χ2n) is 4.75. The summed E-state index contributed by atoms with van der Waals surface area (Å²) in [5.74, 6) is 1.44. The summed E-state index contributed by atoms with van der Waals surface area (Å²) in [6.07, 6.45) is 1.39. The van der Waals surface area contributed by atoms with Crippen LogP contribution in [0, 0.1) is 0 Å². The van der Waals surface area contributed by atoms with Crippen molar-refractivity contribution in [2.75, 3.05) is 6.61 Å². The fraction of sp³-hybridized carbons (Fsp3) is 0.462. The number of benzene rings is 1. The van der Waals surface area contributed by atoms with Crippen molar-refractivity contribution in [3.8, 4) is 0 Å². The van der Waals surface area contributed by atoms with Gasteiger partial charge in [0.15, 0.2) is 0 Å². The van der Waals surface area contributed by atoms with Crippen molar-refractivity contribution in [1.29, 1.82) is 0 Å². The van der Waals surface area contributed by atoms with E-state index in [0.29, 0.717) is 18.6 Å². The standard InChI is InChI=1S/C13H17N3O/c1-8-4-10(7-17-8)13-15-11-3-2-9(6-14)5-12(11)16-13/h2-3,5,8,10H,4,6-7,14H2,1H3,(H,15,16). The van der Waals surface area contributed by atoms with Crippen molar-refractivity contribution in [3.05, 3.63) is 29.6 Å². The van der Waals surface area contributed by atoms with E-state index in [4.69, 9.17) is 10.5 Å². The zero-order valence-corrected chi connectivity index (χ0v) is 9.94. The fourth-order valence-electron chi connectivity index (χ4n) is 2.40. The SMILES string of the molecule is CC1CC(c2nc3ccc(CN)cc3[nH]2)CO1. The number of nitrogens with zero attached hydrogens (tertiary/aromatic N) is 1. The van der Waals surface area contributed by atoms with Crippen LogP contribution in [0.3, 0.4) is 0 Å². The monoisotopic (exact) mass is 231 g/mol. The highest BCUT2D eigenvalue weighted by Gasteiger charge is 2.25. The molecule has 0 radical (unpaired) electrons. The molecule has 2 unspecified atom stereocenters. The van der Waals surface area contributed by atoms with Crippen molar-refractivity contribution < 1.29 is 4.74 Å². The van der Waals surface area contributed by atoms with Gasteiger partial charge >= 0.3 is 0 Å². The lowest BCUT2D eigenvalue weighted by atomic mass is 10.1. The lowest BCUT2D eigenvalue weighted by Crippen LogP contribution is -2.00. The molecule has 1 aromatic heterocycles. The molecule has 0 saturated carbocycles. The number of fused-ring (bicyclic) bond motifs is 1. The Balaban J connectivity index is 1.96. The van der Waals surface area contributed by atoms with Crippen molar-refractivity contribution in [2.45, 2.75) is 31.9 Å². The first kappa shape index (κ1) is 10.7. The Labute approximate surface area is 100 Å². The highest BCUT2D eigenvalue weighted by Crippen LogP contribution is 2.28. The van der Waals surface area contributed by atoms with E-state index in [1.54, 1.807) is 0 Å². The van der Waals surface area contributed by atoms with Crippen LogP contribution in [0.5, 0.6) is 0 Å². The normalized spacial score (nSPS) is 24.6. The van der Waals surface area contributed by atoms with Crippen LogP contribution in [0.4, 0.5) is 0 Å². The summed E-state index contributed by atoms with van der Waals surface area (Å²) in [4.78, 5) is 8.01. The van der Waals surface area contributed by atoms with Crippen molar-refractivity contribution in [1.82, 2.24) is 9.97 Å². The average molecular weight is 231 g/mol. The van der Waals surface area contributed by atoms with Crippen molar-refractivity contribution in [2.24, 2.45) is 5.73 Å². The van der Waals surface area contributed by atoms with Gasteiger partial charge in [0.2, 0.25) is 0 Å². The van der Waals surface area contributed by atoms with Crippen LogP contribution in [0.15, 0.2) is 18.2 Å². The molecule has 0 aliphatic carbocycles. The van der Waals surface area contributed by atoms with Crippen LogP contribution >= 0.6 is 0 Å². The van der Waals surface area contributed by atoms with Gasteiger partial charge in [0.25, 0.3) is 0 Å². The Morgan fingerprint density at radius 2 is 2.41 bits per heavy atom. The number of aromatic amines is 1. The van der Waals surface area contributed by atoms with Gasteiger partial charge in [0.1, 0.15) is 5.82 Å². The third-order valence-electron chi connectivity index (χ3n) is 3.39. The first-order chi connectivity index (χ1) is 8.26. The summed E-state index contributed by atoms with van der Waals surface area (Å²) in [6, 6.07) is 6.13. The van der Waals surface area contributed by atoms with E-state index in [9.17, 15) is 0 Å². The molecule has 0 bridgehead atoms. The van der Waals surface area contributed by atoms with Gasteiger partial charge in [-0.1, -0.05) is 6.07 Å². The van der Waals surface area contributed by atoms with Gasteiger partial charge in [-0.15, -0.1) is 0 Å². The van der Waals surface area contributed by atoms with Crippen LogP contribution in [0.1, 0.15) is 30.7 Å². The highest BCUT2D eigenvalue weighted by atomic mass is 16.5. The van der Waals surface area contributed by atoms with Gasteiger partial charge in [0.05, 0.1) is 23.7 Å². The smallest absolute Gasteiger partial charge is 0.112 e. The first-order valence-corrected chi connectivity index (χ1v) is 6.06. The minimum Gasteiger partial charge on any atom is -0.378 e. The zero-order chi connectivity index (χ0) is 11.8. The number of rotatable bonds is 2. The number of aromatic nitrogens is 2. The molecule has 0 amide bonds. The summed E-state index contributed by atoms with van der Waals surface area (Å²) in [7, 11) is 0. The predicted octanol–water partition coefficient (Wildman–Crippen LogP) is 1.91. The Bertz CT molecular complexity index is 534. The zero-order valence-electron chi connectivity index (χ0n) is 9.94. The maximum Gasteiger partial charge on any atom is 0.112 e. The van der Waals surface area contributed by atoms with Crippen molar-refractivity contribution in [3.63, 3.8) is 0 Å². The molecule has 4 nitrogen and oxygen atoms in total. The third kappa shape index (κ3) is 1.94. The fourth-order valence-corrected chi connectivity index (χ4v) is 2.40. The van der Waals surface area contributed by atoms with E-state index < -0.39 is 0 Å². The molecule has 1 aliphatic heterocycles. The lowest BCUT2D eigenvalue weighted by Gasteiger charge is -2.01. The molecule has 4 heteroatoms. The molecule has 3 N–H and O–H groups in total. The quantitative estimate of drug-likeness (QED) is 0.829. The van der Waals surface area contributed by atoms with Crippen molar-refractivity contribution >= 4 is 11.0 Å². The number of hydrogen-bond donors (Lipinski definition) is 2. The summed E-state index contributed by atoms with van der Waals surface area (Å²) < 4.78 is 5.58.